The maximum atomic E-state index is 12.0. The lowest BCUT2D eigenvalue weighted by molar-refractivity contribution is -0.384. The molecule has 0 aliphatic carbocycles. The van der Waals surface area contributed by atoms with Gasteiger partial charge in [-0.15, -0.1) is 5.06 Å². The lowest BCUT2D eigenvalue weighted by atomic mass is 10.3. The van der Waals surface area contributed by atoms with E-state index in [1.54, 1.807) is 0 Å². The number of non-ortho nitro benzene ring substituents is 1. The molecule has 20 heavy (non-hydrogen) atoms. The molecule has 0 aliphatic heterocycles. The molecule has 1 aromatic rings. The average Bonchev–Trinajstić information content (AvgIpc) is 2.34. The fourth-order valence-corrected chi connectivity index (χ4v) is 1.09. The van der Waals surface area contributed by atoms with Gasteiger partial charge < -0.3 is 10.6 Å². The second-order valence-electron chi connectivity index (χ2n) is 3.29. The number of carbonyl (C=O) groups is 2. The Morgan fingerprint density at radius 3 is 2.40 bits per heavy atom. The van der Waals surface area contributed by atoms with Crippen molar-refractivity contribution in [2.75, 3.05) is 5.06 Å². The molecule has 2 N–H and O–H groups in total. The van der Waals surface area contributed by atoms with E-state index in [0.717, 1.165) is 18.2 Å². The van der Waals surface area contributed by atoms with Crippen LogP contribution in [0.4, 0.5) is 29.3 Å². The van der Waals surface area contributed by atoms with Crippen LogP contribution in [0.3, 0.4) is 0 Å². The van der Waals surface area contributed by atoms with E-state index in [0.29, 0.717) is 6.07 Å². The van der Waals surface area contributed by atoms with Crippen LogP contribution in [0, 0.1) is 10.1 Å². The first-order chi connectivity index (χ1) is 9.12. The summed E-state index contributed by atoms with van der Waals surface area (Å²) < 4.78 is 36.1. The quantitative estimate of drug-likeness (QED) is 0.655. The SMILES string of the molecule is NC(=O)N(OC(=O)C(F)(F)F)c1cccc([N+](=O)[O-])c1. The maximum absolute atomic E-state index is 12.0. The van der Waals surface area contributed by atoms with Crippen LogP contribution in [0.5, 0.6) is 0 Å². The van der Waals surface area contributed by atoms with Crippen molar-refractivity contribution in [3.63, 3.8) is 0 Å². The van der Waals surface area contributed by atoms with Gasteiger partial charge in [0.1, 0.15) is 0 Å². The molecule has 0 aliphatic rings. The van der Waals surface area contributed by atoms with Crippen molar-refractivity contribution in [3.8, 4) is 0 Å². The number of nitro groups is 1. The molecule has 0 unspecified atom stereocenters. The Balaban J connectivity index is 3.09. The van der Waals surface area contributed by atoms with E-state index in [4.69, 9.17) is 5.73 Å². The van der Waals surface area contributed by atoms with Crippen LogP contribution in [-0.4, -0.2) is 23.1 Å². The second kappa shape index (κ2) is 5.42. The van der Waals surface area contributed by atoms with Gasteiger partial charge in [0, 0.05) is 12.1 Å². The Labute approximate surface area is 108 Å². The number of rotatable bonds is 2. The number of amides is 2. The number of nitrogens with two attached hydrogens (primary N) is 1. The van der Waals surface area contributed by atoms with Crippen LogP contribution in [0.15, 0.2) is 24.3 Å². The fraction of sp³-hybridized carbons (Fsp3) is 0.111. The molecular formula is C9H6F3N3O5. The monoisotopic (exact) mass is 293 g/mol. The third-order valence-electron chi connectivity index (χ3n) is 1.88. The first-order valence-corrected chi connectivity index (χ1v) is 4.76. The van der Waals surface area contributed by atoms with Crippen molar-refractivity contribution in [1.82, 2.24) is 0 Å². The molecule has 108 valence electrons. The zero-order valence-electron chi connectivity index (χ0n) is 9.46. The van der Waals surface area contributed by atoms with Crippen LogP contribution in [0.1, 0.15) is 0 Å². The molecule has 0 spiro atoms. The molecule has 0 saturated carbocycles. The van der Waals surface area contributed by atoms with E-state index in [1.807, 2.05) is 0 Å². The van der Waals surface area contributed by atoms with Crippen molar-refractivity contribution in [2.45, 2.75) is 6.18 Å². The van der Waals surface area contributed by atoms with Gasteiger partial charge in [-0.3, -0.25) is 10.1 Å². The van der Waals surface area contributed by atoms with Gasteiger partial charge in [0.25, 0.3) is 5.69 Å². The normalized spacial score (nSPS) is 10.8. The van der Waals surface area contributed by atoms with E-state index in [2.05, 4.69) is 4.84 Å². The molecule has 0 bridgehead atoms. The lowest BCUT2D eigenvalue weighted by Gasteiger charge is -2.19. The summed E-state index contributed by atoms with van der Waals surface area (Å²) in [5, 5.41) is 10.3. The van der Waals surface area contributed by atoms with Crippen molar-refractivity contribution in [2.24, 2.45) is 5.73 Å². The van der Waals surface area contributed by atoms with Crippen LogP contribution in [0.2, 0.25) is 0 Å². The Morgan fingerprint density at radius 2 is 1.95 bits per heavy atom. The molecule has 0 atom stereocenters. The minimum absolute atomic E-state index is 0.192. The molecule has 1 rings (SSSR count). The Kier molecular flexibility index (Phi) is 4.12. The molecule has 0 saturated heterocycles. The predicted molar refractivity (Wildman–Crippen MR) is 57.3 cm³/mol. The molecule has 0 aromatic heterocycles. The number of anilines is 1. The molecular weight excluding hydrogens is 287 g/mol. The third-order valence-corrected chi connectivity index (χ3v) is 1.88. The highest BCUT2D eigenvalue weighted by Gasteiger charge is 2.43. The van der Waals surface area contributed by atoms with E-state index in [-0.39, 0.29) is 5.06 Å². The van der Waals surface area contributed by atoms with Gasteiger partial charge in [-0.1, -0.05) is 6.07 Å². The van der Waals surface area contributed by atoms with Gasteiger partial charge >= 0.3 is 18.2 Å². The molecule has 0 heterocycles. The Bertz CT molecular complexity index is 560. The zero-order chi connectivity index (χ0) is 15.5. The molecule has 8 nitrogen and oxygen atoms in total. The minimum Gasteiger partial charge on any atom is -0.349 e. The number of hydrogen-bond donors (Lipinski definition) is 1. The Hall–Kier alpha value is -2.85. The predicted octanol–water partition coefficient (Wildman–Crippen LogP) is 1.50. The van der Waals surface area contributed by atoms with Crippen LogP contribution in [0.25, 0.3) is 0 Å². The van der Waals surface area contributed by atoms with Crippen LogP contribution >= 0.6 is 0 Å². The van der Waals surface area contributed by atoms with Gasteiger partial charge in [0.05, 0.1) is 10.6 Å². The smallest absolute Gasteiger partial charge is 0.349 e. The molecule has 1 aromatic carbocycles. The number of nitro benzene ring substituents is 1. The summed E-state index contributed by atoms with van der Waals surface area (Å²) in [4.78, 5) is 35.0. The standard InChI is InChI=1S/C9H6F3N3O5/c10-9(11,12)7(16)20-14(8(13)17)5-2-1-3-6(4-5)15(18)19/h1-4H,(H2,13,17). The summed E-state index contributed by atoms with van der Waals surface area (Å²) in [5.74, 6) is -2.69. The maximum Gasteiger partial charge on any atom is 0.493 e. The summed E-state index contributed by atoms with van der Waals surface area (Å²) in [6, 6.07) is 2.26. The van der Waals surface area contributed by atoms with Gasteiger partial charge in [-0.2, -0.15) is 13.2 Å². The highest BCUT2D eigenvalue weighted by Crippen LogP contribution is 2.24. The summed E-state index contributed by atoms with van der Waals surface area (Å²) in [6.45, 7) is 0. The lowest BCUT2D eigenvalue weighted by Crippen LogP contribution is -2.41. The van der Waals surface area contributed by atoms with Crippen molar-refractivity contribution >= 4 is 23.4 Å². The number of benzene rings is 1. The largest absolute Gasteiger partial charge is 0.493 e. The number of alkyl halides is 3. The van der Waals surface area contributed by atoms with E-state index >= 15 is 0 Å². The van der Waals surface area contributed by atoms with Crippen LogP contribution < -0.4 is 10.8 Å². The summed E-state index contributed by atoms with van der Waals surface area (Å²) in [7, 11) is 0. The Morgan fingerprint density at radius 1 is 1.35 bits per heavy atom. The van der Waals surface area contributed by atoms with Crippen molar-refractivity contribution < 1.29 is 32.5 Å². The molecule has 0 radical (unpaired) electrons. The van der Waals surface area contributed by atoms with Crippen molar-refractivity contribution in [3.05, 3.63) is 34.4 Å². The summed E-state index contributed by atoms with van der Waals surface area (Å²) >= 11 is 0. The number of carbonyl (C=O) groups excluding carboxylic acids is 2. The molecule has 2 amide bonds. The topological polar surface area (TPSA) is 116 Å². The van der Waals surface area contributed by atoms with Crippen LogP contribution in [-0.2, 0) is 9.63 Å². The highest BCUT2D eigenvalue weighted by atomic mass is 19.4. The minimum atomic E-state index is -5.35. The number of hydrogen-bond acceptors (Lipinski definition) is 5. The summed E-state index contributed by atoms with van der Waals surface area (Å²) in [5.41, 5.74) is 3.73. The van der Waals surface area contributed by atoms with Crippen molar-refractivity contribution in [1.29, 1.82) is 0 Å². The fourth-order valence-electron chi connectivity index (χ4n) is 1.09. The van der Waals surface area contributed by atoms with E-state index < -0.39 is 34.5 Å². The second-order valence-corrected chi connectivity index (χ2v) is 3.29. The molecule has 11 heteroatoms. The van der Waals surface area contributed by atoms with Gasteiger partial charge in [0.15, 0.2) is 0 Å². The number of primary amides is 1. The van der Waals surface area contributed by atoms with Gasteiger partial charge in [0.2, 0.25) is 0 Å². The first-order valence-electron chi connectivity index (χ1n) is 4.76. The number of nitrogens with zero attached hydrogens (tertiary/aromatic N) is 2. The zero-order valence-corrected chi connectivity index (χ0v) is 9.46. The van der Waals surface area contributed by atoms with E-state index in [1.165, 1.54) is 0 Å². The number of halogens is 3. The van der Waals surface area contributed by atoms with Gasteiger partial charge in [-0.25, -0.2) is 9.59 Å². The number of urea groups is 1. The average molecular weight is 293 g/mol. The molecule has 0 fully saturated rings. The third kappa shape index (κ3) is 3.57. The highest BCUT2D eigenvalue weighted by molar-refractivity contribution is 5.92. The summed E-state index contributed by atoms with van der Waals surface area (Å²) in [6.07, 6.45) is -5.35. The van der Waals surface area contributed by atoms with Gasteiger partial charge in [-0.05, 0) is 6.07 Å². The number of hydroxylamine groups is 1. The van der Waals surface area contributed by atoms with E-state index in [9.17, 15) is 32.9 Å². The first kappa shape index (κ1) is 15.2.